The number of rotatable bonds is 5. The van der Waals surface area contributed by atoms with Gasteiger partial charge < -0.3 is 4.74 Å². The van der Waals surface area contributed by atoms with Crippen LogP contribution in [-0.4, -0.2) is 39.8 Å². The molecule has 0 amide bonds. The molecule has 5 heteroatoms. The van der Waals surface area contributed by atoms with Crippen molar-refractivity contribution < 1.29 is 4.74 Å². The number of hydrogen-bond acceptors (Lipinski definition) is 4. The molecule has 0 fully saturated rings. The Morgan fingerprint density at radius 3 is 3.00 bits per heavy atom. The fraction of sp³-hybridized carbons (Fsp3) is 0.467. The molecule has 0 bridgehead atoms. The van der Waals surface area contributed by atoms with Gasteiger partial charge in [0.25, 0.3) is 0 Å². The predicted molar refractivity (Wildman–Crippen MR) is 76.7 cm³/mol. The van der Waals surface area contributed by atoms with Crippen LogP contribution in [0.25, 0.3) is 0 Å². The number of H-pyrrole nitrogens is 1. The second-order valence-electron chi connectivity index (χ2n) is 5.30. The highest BCUT2D eigenvalue weighted by Gasteiger charge is 2.23. The summed E-state index contributed by atoms with van der Waals surface area (Å²) in [5.74, 6) is 2.82. The molecule has 0 spiro atoms. The minimum Gasteiger partial charge on any atom is -0.488 e. The molecule has 1 aliphatic heterocycles. The Hall–Kier alpha value is -1.88. The van der Waals surface area contributed by atoms with Gasteiger partial charge in [0, 0.05) is 19.4 Å². The van der Waals surface area contributed by atoms with E-state index in [9.17, 15) is 0 Å². The van der Waals surface area contributed by atoms with Crippen molar-refractivity contribution in [1.29, 1.82) is 0 Å². The number of benzene rings is 1. The van der Waals surface area contributed by atoms with Crippen LogP contribution < -0.4 is 4.74 Å². The third kappa shape index (κ3) is 2.82. The van der Waals surface area contributed by atoms with E-state index in [1.165, 1.54) is 5.56 Å². The molecule has 1 unspecified atom stereocenters. The van der Waals surface area contributed by atoms with Gasteiger partial charge in [-0.05, 0) is 18.7 Å². The highest BCUT2D eigenvalue weighted by molar-refractivity contribution is 5.37. The zero-order valence-electron chi connectivity index (χ0n) is 12.0. The van der Waals surface area contributed by atoms with Crippen LogP contribution in [0.3, 0.4) is 0 Å². The van der Waals surface area contributed by atoms with E-state index in [2.05, 4.69) is 46.2 Å². The van der Waals surface area contributed by atoms with Gasteiger partial charge in [-0.15, -0.1) is 0 Å². The lowest BCUT2D eigenvalue weighted by molar-refractivity contribution is 0.163. The van der Waals surface area contributed by atoms with Crippen LogP contribution in [0.1, 0.15) is 24.1 Å². The van der Waals surface area contributed by atoms with E-state index in [4.69, 9.17) is 4.74 Å². The monoisotopic (exact) mass is 272 g/mol. The van der Waals surface area contributed by atoms with Gasteiger partial charge in [-0.1, -0.05) is 25.1 Å². The molecule has 20 heavy (non-hydrogen) atoms. The zero-order valence-corrected chi connectivity index (χ0v) is 12.0. The Bertz CT molecular complexity index is 556. The SMILES string of the molecule is CCc1n[nH]c(CN(C)CC2Cc3ccccc3O2)n1. The van der Waals surface area contributed by atoms with Crippen molar-refractivity contribution >= 4 is 0 Å². The minimum atomic E-state index is 0.228. The van der Waals surface area contributed by atoms with Crippen LogP contribution in [0.5, 0.6) is 5.75 Å². The third-order valence-electron chi connectivity index (χ3n) is 3.54. The highest BCUT2D eigenvalue weighted by Crippen LogP contribution is 2.28. The summed E-state index contributed by atoms with van der Waals surface area (Å²) in [6.07, 6.45) is 2.07. The van der Waals surface area contributed by atoms with Gasteiger partial charge in [-0.25, -0.2) is 4.98 Å². The average Bonchev–Trinajstić information content (AvgIpc) is 3.04. The fourth-order valence-electron chi connectivity index (χ4n) is 2.59. The number of ether oxygens (including phenoxy) is 1. The molecule has 1 aromatic heterocycles. The standard InChI is InChI=1S/C15H20N4O/c1-3-14-16-15(18-17-14)10-19(2)9-12-8-11-6-4-5-7-13(11)20-12/h4-7,12H,3,8-10H2,1-2H3,(H,16,17,18). The summed E-state index contributed by atoms with van der Waals surface area (Å²) in [6.45, 7) is 3.71. The Morgan fingerprint density at radius 2 is 2.25 bits per heavy atom. The molecular weight excluding hydrogens is 252 g/mol. The molecular formula is C15H20N4O. The summed E-state index contributed by atoms with van der Waals surface area (Å²) in [7, 11) is 2.08. The summed E-state index contributed by atoms with van der Waals surface area (Å²) < 4.78 is 5.95. The van der Waals surface area contributed by atoms with Crippen molar-refractivity contribution in [2.24, 2.45) is 0 Å². The first-order valence-corrected chi connectivity index (χ1v) is 7.08. The third-order valence-corrected chi connectivity index (χ3v) is 3.54. The van der Waals surface area contributed by atoms with E-state index >= 15 is 0 Å². The van der Waals surface area contributed by atoms with Gasteiger partial charge >= 0.3 is 0 Å². The van der Waals surface area contributed by atoms with E-state index < -0.39 is 0 Å². The molecule has 1 atom stereocenters. The van der Waals surface area contributed by atoms with Crippen molar-refractivity contribution in [3.63, 3.8) is 0 Å². The number of nitrogens with zero attached hydrogens (tertiary/aromatic N) is 3. The number of aryl methyl sites for hydroxylation is 1. The van der Waals surface area contributed by atoms with Gasteiger partial charge in [0.05, 0.1) is 6.54 Å². The second kappa shape index (κ2) is 5.63. The van der Waals surface area contributed by atoms with Crippen molar-refractivity contribution in [2.75, 3.05) is 13.6 Å². The zero-order chi connectivity index (χ0) is 13.9. The normalized spacial score (nSPS) is 17.2. The van der Waals surface area contributed by atoms with Crippen molar-refractivity contribution in [3.8, 4) is 5.75 Å². The van der Waals surface area contributed by atoms with Crippen LogP contribution in [0.2, 0.25) is 0 Å². The van der Waals surface area contributed by atoms with Gasteiger partial charge in [-0.3, -0.25) is 10.00 Å². The first-order valence-electron chi connectivity index (χ1n) is 7.08. The number of likely N-dealkylation sites (N-methyl/N-ethyl adjacent to an activating group) is 1. The second-order valence-corrected chi connectivity index (χ2v) is 5.30. The van der Waals surface area contributed by atoms with Crippen molar-refractivity contribution in [2.45, 2.75) is 32.4 Å². The van der Waals surface area contributed by atoms with Gasteiger partial charge in [0.1, 0.15) is 23.5 Å². The number of fused-ring (bicyclic) bond motifs is 1. The Kier molecular flexibility index (Phi) is 3.69. The number of hydrogen-bond donors (Lipinski definition) is 1. The first-order chi connectivity index (χ1) is 9.74. The lowest BCUT2D eigenvalue weighted by atomic mass is 10.1. The van der Waals surface area contributed by atoms with Crippen molar-refractivity contribution in [3.05, 3.63) is 41.5 Å². The van der Waals surface area contributed by atoms with Crippen molar-refractivity contribution in [1.82, 2.24) is 20.1 Å². The summed E-state index contributed by atoms with van der Waals surface area (Å²) in [4.78, 5) is 6.65. The van der Waals surface area contributed by atoms with E-state index in [0.29, 0.717) is 0 Å². The molecule has 2 heterocycles. The minimum absolute atomic E-state index is 0.228. The molecule has 2 aromatic rings. The predicted octanol–water partition coefficient (Wildman–Crippen LogP) is 1.80. The van der Waals surface area contributed by atoms with E-state index in [0.717, 1.165) is 43.3 Å². The smallest absolute Gasteiger partial charge is 0.150 e. The molecule has 0 saturated heterocycles. The average molecular weight is 272 g/mol. The summed E-state index contributed by atoms with van der Waals surface area (Å²) in [5.41, 5.74) is 1.30. The lowest BCUT2D eigenvalue weighted by Crippen LogP contribution is -2.31. The number of nitrogens with one attached hydrogen (secondary N) is 1. The van der Waals surface area contributed by atoms with Crippen LogP contribution in [0, 0.1) is 0 Å². The first kappa shape index (κ1) is 13.1. The fourth-order valence-corrected chi connectivity index (χ4v) is 2.59. The van der Waals surface area contributed by atoms with Gasteiger partial charge in [0.15, 0.2) is 0 Å². The quantitative estimate of drug-likeness (QED) is 0.902. The molecule has 106 valence electrons. The largest absolute Gasteiger partial charge is 0.488 e. The van der Waals surface area contributed by atoms with Crippen LogP contribution in [-0.2, 0) is 19.4 Å². The molecule has 0 radical (unpaired) electrons. The molecule has 1 aromatic carbocycles. The van der Waals surface area contributed by atoms with E-state index in [-0.39, 0.29) is 6.10 Å². The lowest BCUT2D eigenvalue weighted by Gasteiger charge is -2.19. The number of aromatic nitrogens is 3. The van der Waals surface area contributed by atoms with Crippen LogP contribution in [0.4, 0.5) is 0 Å². The molecule has 3 rings (SSSR count). The summed E-state index contributed by atoms with van der Waals surface area (Å²) in [5, 5.41) is 7.14. The van der Waals surface area contributed by atoms with Gasteiger partial charge in [0.2, 0.25) is 0 Å². The maximum Gasteiger partial charge on any atom is 0.150 e. The van der Waals surface area contributed by atoms with E-state index in [1.54, 1.807) is 0 Å². The van der Waals surface area contributed by atoms with Gasteiger partial charge in [-0.2, -0.15) is 5.10 Å². The molecule has 1 N–H and O–H groups in total. The highest BCUT2D eigenvalue weighted by atomic mass is 16.5. The molecule has 1 aliphatic rings. The number of aromatic amines is 1. The van der Waals surface area contributed by atoms with Crippen LogP contribution in [0.15, 0.2) is 24.3 Å². The number of para-hydroxylation sites is 1. The van der Waals surface area contributed by atoms with E-state index in [1.807, 2.05) is 12.1 Å². The maximum absolute atomic E-state index is 5.95. The van der Waals surface area contributed by atoms with Crippen LogP contribution >= 0.6 is 0 Å². The Balaban J connectivity index is 1.54. The molecule has 0 aliphatic carbocycles. The topological polar surface area (TPSA) is 54.0 Å². The Labute approximate surface area is 119 Å². The Morgan fingerprint density at radius 1 is 1.40 bits per heavy atom. The summed E-state index contributed by atoms with van der Waals surface area (Å²) in [6, 6.07) is 8.26. The molecule has 5 nitrogen and oxygen atoms in total. The maximum atomic E-state index is 5.95. The summed E-state index contributed by atoms with van der Waals surface area (Å²) >= 11 is 0. The molecule has 0 saturated carbocycles.